The predicted molar refractivity (Wildman–Crippen MR) is 68.2 cm³/mol. The molecule has 1 heterocycles. The van der Waals surface area contributed by atoms with Crippen LogP contribution in [0.5, 0.6) is 11.5 Å². The van der Waals surface area contributed by atoms with Crippen molar-refractivity contribution in [1.29, 1.82) is 0 Å². The van der Waals surface area contributed by atoms with Crippen LogP contribution in [0, 0.1) is 0 Å². The van der Waals surface area contributed by atoms with E-state index in [-0.39, 0.29) is 6.10 Å². The van der Waals surface area contributed by atoms with Gasteiger partial charge in [-0.25, -0.2) is 5.48 Å². The number of likely N-dealkylation sites (N-methyl/N-ethyl adjacent to an activating group) is 1. The number of hydrogen-bond acceptors (Lipinski definition) is 5. The predicted octanol–water partition coefficient (Wildman–Crippen LogP) is 1.26. The third-order valence-electron chi connectivity index (χ3n) is 3.15. The highest BCUT2D eigenvalue weighted by Crippen LogP contribution is 2.30. The van der Waals surface area contributed by atoms with Crippen LogP contribution in [-0.2, 0) is 6.54 Å². The fourth-order valence-corrected chi connectivity index (χ4v) is 2.18. The number of likely N-dealkylation sites (tertiary alicyclic amines) is 1. The molecule has 1 aromatic rings. The summed E-state index contributed by atoms with van der Waals surface area (Å²) in [4.78, 5) is 2.25. The van der Waals surface area contributed by atoms with Gasteiger partial charge in [0.05, 0.1) is 7.11 Å². The van der Waals surface area contributed by atoms with E-state index in [2.05, 4.69) is 17.4 Å². The monoisotopic (exact) mass is 252 g/mol. The molecule has 1 aliphatic heterocycles. The average molecular weight is 252 g/mol. The molecule has 5 nitrogen and oxygen atoms in total. The Kier molecular flexibility index (Phi) is 4.41. The summed E-state index contributed by atoms with van der Waals surface area (Å²) in [5.74, 6) is 1.47. The van der Waals surface area contributed by atoms with E-state index >= 15 is 0 Å². The first-order chi connectivity index (χ1) is 8.72. The summed E-state index contributed by atoms with van der Waals surface area (Å²) in [6.45, 7) is 2.39. The van der Waals surface area contributed by atoms with Crippen LogP contribution in [0.3, 0.4) is 0 Å². The highest BCUT2D eigenvalue weighted by molar-refractivity contribution is 5.43. The summed E-state index contributed by atoms with van der Waals surface area (Å²) in [6.07, 6.45) is 1.24. The lowest BCUT2D eigenvalue weighted by atomic mass is 10.2. The fourth-order valence-electron chi connectivity index (χ4n) is 2.18. The lowest BCUT2D eigenvalue weighted by Gasteiger charge is -2.17. The molecule has 18 heavy (non-hydrogen) atoms. The molecule has 2 N–H and O–H groups in total. The molecule has 1 unspecified atom stereocenters. The van der Waals surface area contributed by atoms with Crippen molar-refractivity contribution in [1.82, 2.24) is 10.4 Å². The van der Waals surface area contributed by atoms with Crippen LogP contribution in [0.4, 0.5) is 0 Å². The summed E-state index contributed by atoms with van der Waals surface area (Å²) in [6, 6.07) is 5.66. The van der Waals surface area contributed by atoms with E-state index in [1.165, 1.54) is 0 Å². The first-order valence-electron chi connectivity index (χ1n) is 6.12. The van der Waals surface area contributed by atoms with E-state index in [1.807, 2.05) is 18.2 Å². The quantitative estimate of drug-likeness (QED) is 0.773. The fraction of sp³-hybridized carbons (Fsp3) is 0.538. The van der Waals surface area contributed by atoms with Crippen molar-refractivity contribution in [3.05, 3.63) is 23.8 Å². The lowest BCUT2D eigenvalue weighted by molar-refractivity contribution is 0.160. The van der Waals surface area contributed by atoms with Gasteiger partial charge in [-0.05, 0) is 31.2 Å². The second-order valence-electron chi connectivity index (χ2n) is 4.61. The molecular formula is C13H20N2O3. The van der Waals surface area contributed by atoms with E-state index in [1.54, 1.807) is 7.11 Å². The first kappa shape index (κ1) is 13.1. The van der Waals surface area contributed by atoms with E-state index in [0.717, 1.165) is 36.6 Å². The van der Waals surface area contributed by atoms with Gasteiger partial charge in [-0.1, -0.05) is 6.07 Å². The molecule has 1 saturated heterocycles. The highest BCUT2D eigenvalue weighted by Gasteiger charge is 2.22. The van der Waals surface area contributed by atoms with Crippen molar-refractivity contribution in [2.45, 2.75) is 19.1 Å². The number of benzene rings is 1. The highest BCUT2D eigenvalue weighted by atomic mass is 16.5. The Hall–Kier alpha value is -1.30. The maximum Gasteiger partial charge on any atom is 0.161 e. The summed E-state index contributed by atoms with van der Waals surface area (Å²) in [5, 5.41) is 8.73. The van der Waals surface area contributed by atoms with E-state index in [4.69, 9.17) is 14.7 Å². The standard InChI is InChI=1S/C13H20N2O3/c1-15-6-5-11(9-15)18-13-7-10(8-14-16)3-4-12(13)17-2/h3-4,7,11,14,16H,5-6,8-9H2,1-2H3. The molecule has 0 radical (unpaired) electrons. The van der Waals surface area contributed by atoms with Crippen LogP contribution < -0.4 is 15.0 Å². The number of hydrogen-bond donors (Lipinski definition) is 2. The van der Waals surface area contributed by atoms with Gasteiger partial charge in [-0.3, -0.25) is 0 Å². The largest absolute Gasteiger partial charge is 0.493 e. The van der Waals surface area contributed by atoms with Gasteiger partial charge in [-0.15, -0.1) is 0 Å². The summed E-state index contributed by atoms with van der Waals surface area (Å²) < 4.78 is 11.3. The van der Waals surface area contributed by atoms with Crippen molar-refractivity contribution in [3.8, 4) is 11.5 Å². The molecule has 0 bridgehead atoms. The maximum absolute atomic E-state index is 8.73. The molecule has 1 atom stereocenters. The Morgan fingerprint density at radius 1 is 1.44 bits per heavy atom. The van der Waals surface area contributed by atoms with Crippen LogP contribution in [0.25, 0.3) is 0 Å². The molecule has 0 aliphatic carbocycles. The third-order valence-corrected chi connectivity index (χ3v) is 3.15. The number of methoxy groups -OCH3 is 1. The number of nitrogens with one attached hydrogen (secondary N) is 1. The Morgan fingerprint density at radius 3 is 2.89 bits per heavy atom. The zero-order valence-electron chi connectivity index (χ0n) is 10.8. The molecule has 0 spiro atoms. The van der Waals surface area contributed by atoms with Crippen LogP contribution in [0.15, 0.2) is 18.2 Å². The lowest BCUT2D eigenvalue weighted by Crippen LogP contribution is -2.21. The number of nitrogens with zero attached hydrogens (tertiary/aromatic N) is 1. The first-order valence-corrected chi connectivity index (χ1v) is 6.12. The van der Waals surface area contributed by atoms with Crippen LogP contribution in [0.2, 0.25) is 0 Å². The van der Waals surface area contributed by atoms with E-state index < -0.39 is 0 Å². The van der Waals surface area contributed by atoms with Crippen molar-refractivity contribution < 1.29 is 14.7 Å². The second-order valence-corrected chi connectivity index (χ2v) is 4.61. The Labute approximate surface area is 107 Å². The van der Waals surface area contributed by atoms with E-state index in [9.17, 15) is 0 Å². The topological polar surface area (TPSA) is 54.0 Å². The van der Waals surface area contributed by atoms with Crippen molar-refractivity contribution in [2.24, 2.45) is 0 Å². The van der Waals surface area contributed by atoms with Crippen LogP contribution in [-0.4, -0.2) is 43.5 Å². The van der Waals surface area contributed by atoms with Gasteiger partial charge in [-0.2, -0.15) is 0 Å². The Morgan fingerprint density at radius 2 is 2.28 bits per heavy atom. The smallest absolute Gasteiger partial charge is 0.161 e. The zero-order valence-corrected chi connectivity index (χ0v) is 10.8. The molecular weight excluding hydrogens is 232 g/mol. The van der Waals surface area contributed by atoms with Crippen LogP contribution in [0.1, 0.15) is 12.0 Å². The van der Waals surface area contributed by atoms with Crippen molar-refractivity contribution in [3.63, 3.8) is 0 Å². The number of ether oxygens (including phenoxy) is 2. The van der Waals surface area contributed by atoms with Gasteiger partial charge in [0.2, 0.25) is 0 Å². The molecule has 2 rings (SSSR count). The summed E-state index contributed by atoms with van der Waals surface area (Å²) >= 11 is 0. The minimum Gasteiger partial charge on any atom is -0.493 e. The molecule has 0 aromatic heterocycles. The normalized spacial score (nSPS) is 20.1. The second kappa shape index (κ2) is 6.04. The van der Waals surface area contributed by atoms with Crippen molar-refractivity contribution >= 4 is 0 Å². The van der Waals surface area contributed by atoms with Gasteiger partial charge in [0.1, 0.15) is 6.10 Å². The molecule has 1 fully saturated rings. The molecule has 0 amide bonds. The van der Waals surface area contributed by atoms with Crippen molar-refractivity contribution in [2.75, 3.05) is 27.2 Å². The summed E-state index contributed by atoms with van der Waals surface area (Å²) in [7, 11) is 3.72. The minimum atomic E-state index is 0.209. The number of hydroxylamine groups is 1. The zero-order chi connectivity index (χ0) is 13.0. The number of rotatable bonds is 5. The molecule has 5 heteroatoms. The molecule has 1 aliphatic rings. The minimum absolute atomic E-state index is 0.209. The third kappa shape index (κ3) is 3.13. The van der Waals surface area contributed by atoms with Gasteiger partial charge in [0.25, 0.3) is 0 Å². The Balaban J connectivity index is 2.11. The Bertz CT molecular complexity index is 398. The van der Waals surface area contributed by atoms with Gasteiger partial charge in [0, 0.05) is 19.6 Å². The van der Waals surface area contributed by atoms with Crippen LogP contribution >= 0.6 is 0 Å². The molecule has 0 saturated carbocycles. The van der Waals surface area contributed by atoms with Gasteiger partial charge in [0.15, 0.2) is 11.5 Å². The maximum atomic E-state index is 8.73. The summed E-state index contributed by atoms with van der Waals surface area (Å²) in [5.41, 5.74) is 3.10. The average Bonchev–Trinajstić information content (AvgIpc) is 2.76. The molecule has 1 aromatic carbocycles. The van der Waals surface area contributed by atoms with Gasteiger partial charge >= 0.3 is 0 Å². The SMILES string of the molecule is COc1ccc(CNO)cc1OC1CCN(C)C1. The molecule has 100 valence electrons. The van der Waals surface area contributed by atoms with E-state index in [0.29, 0.717) is 6.54 Å². The van der Waals surface area contributed by atoms with Gasteiger partial charge < -0.3 is 19.6 Å².